The van der Waals surface area contributed by atoms with Crippen molar-refractivity contribution < 1.29 is 4.79 Å². The summed E-state index contributed by atoms with van der Waals surface area (Å²) in [5.74, 6) is -0.437. The van der Waals surface area contributed by atoms with Gasteiger partial charge in [0.2, 0.25) is 5.91 Å². The Morgan fingerprint density at radius 2 is 2.29 bits per heavy atom. The van der Waals surface area contributed by atoms with Crippen LogP contribution in [-0.2, 0) is 4.79 Å². The highest BCUT2D eigenvalue weighted by molar-refractivity contribution is 8.00. The van der Waals surface area contributed by atoms with Crippen LogP contribution in [0.4, 0.5) is 0 Å². The largest absolute Gasteiger partial charge is 0.369 e. The van der Waals surface area contributed by atoms with Crippen molar-refractivity contribution in [2.24, 2.45) is 5.73 Å². The maximum Gasteiger partial charge on any atom is 0.260 e. The number of rotatable bonds is 4. The molecule has 1 atom stereocenters. The molecule has 3 aromatic rings. The van der Waals surface area contributed by atoms with E-state index in [0.29, 0.717) is 15.4 Å². The molecule has 0 aliphatic heterocycles. The average Bonchev–Trinajstić information content (AvgIpc) is 3.06. The normalized spacial score (nSPS) is 12.6. The third-order valence-electron chi connectivity index (χ3n) is 2.90. The van der Waals surface area contributed by atoms with Gasteiger partial charge in [-0.25, -0.2) is 4.98 Å². The summed E-state index contributed by atoms with van der Waals surface area (Å²) in [4.78, 5) is 32.3. The molecule has 0 bridgehead atoms. The number of nitrogens with zero attached hydrogens (tertiary/aromatic N) is 1. The molecule has 0 saturated carbocycles. The number of hydrogen-bond donors (Lipinski definition) is 2. The van der Waals surface area contributed by atoms with Crippen molar-refractivity contribution in [1.82, 2.24) is 9.97 Å². The van der Waals surface area contributed by atoms with E-state index in [9.17, 15) is 9.59 Å². The first-order valence-electron chi connectivity index (χ1n) is 6.07. The lowest BCUT2D eigenvalue weighted by molar-refractivity contribution is -0.117. The van der Waals surface area contributed by atoms with Gasteiger partial charge in [-0.1, -0.05) is 17.8 Å². The van der Waals surface area contributed by atoms with Crippen molar-refractivity contribution >= 4 is 50.6 Å². The third kappa shape index (κ3) is 2.74. The van der Waals surface area contributed by atoms with E-state index < -0.39 is 11.2 Å². The van der Waals surface area contributed by atoms with Gasteiger partial charge in [0.15, 0.2) is 5.16 Å². The summed E-state index contributed by atoms with van der Waals surface area (Å²) >= 11 is 4.16. The van der Waals surface area contributed by atoms with Gasteiger partial charge in [0.1, 0.15) is 4.83 Å². The van der Waals surface area contributed by atoms with Crippen molar-refractivity contribution in [1.29, 1.82) is 0 Å². The van der Waals surface area contributed by atoms with Crippen LogP contribution in [0.2, 0.25) is 0 Å². The molecule has 8 heteroatoms. The summed E-state index contributed by atoms with van der Waals surface area (Å²) in [6.45, 7) is 1.68. The van der Waals surface area contributed by atoms with E-state index in [2.05, 4.69) is 9.97 Å². The zero-order chi connectivity index (χ0) is 15.0. The molecule has 3 rings (SSSR count). The van der Waals surface area contributed by atoms with Crippen molar-refractivity contribution in [3.05, 3.63) is 33.2 Å². The second kappa shape index (κ2) is 5.63. The molecule has 1 amide bonds. The maximum absolute atomic E-state index is 12.3. The van der Waals surface area contributed by atoms with Crippen molar-refractivity contribution in [3.8, 4) is 10.4 Å². The second-order valence-electron chi connectivity index (χ2n) is 4.34. The molecule has 3 aromatic heterocycles. The summed E-state index contributed by atoms with van der Waals surface area (Å²) in [5, 5.41) is 4.48. The molecule has 0 aromatic carbocycles. The summed E-state index contributed by atoms with van der Waals surface area (Å²) in [7, 11) is 0. The SMILES string of the molecule is CC(Sc1nc2scc(-c3cccs3)c2c(=O)[nH]1)C(N)=O. The molecule has 5 nitrogen and oxygen atoms in total. The fourth-order valence-electron chi connectivity index (χ4n) is 1.82. The number of carbonyl (C=O) groups excluding carboxylic acids is 1. The first-order chi connectivity index (χ1) is 10.1. The van der Waals surface area contributed by atoms with E-state index >= 15 is 0 Å². The van der Waals surface area contributed by atoms with E-state index in [1.807, 2.05) is 22.9 Å². The molecule has 0 spiro atoms. The number of carbonyl (C=O) groups is 1. The highest BCUT2D eigenvalue weighted by Crippen LogP contribution is 2.34. The summed E-state index contributed by atoms with van der Waals surface area (Å²) in [6, 6.07) is 3.92. The zero-order valence-corrected chi connectivity index (χ0v) is 13.4. The Labute approximate surface area is 132 Å². The molecular formula is C13H11N3O2S3. The standard InChI is InChI=1S/C13H11N3O2S3/c1-6(10(14)17)21-13-15-11(18)9-7(5-20-12(9)16-13)8-3-2-4-19-8/h2-6H,1H3,(H2,14,17)(H,15,16,18). The number of aromatic amines is 1. The Hall–Kier alpha value is -1.64. The average molecular weight is 337 g/mol. The molecule has 1 unspecified atom stereocenters. The third-order valence-corrected chi connectivity index (χ3v) is 5.68. The molecule has 21 heavy (non-hydrogen) atoms. The van der Waals surface area contributed by atoms with E-state index in [4.69, 9.17) is 5.73 Å². The summed E-state index contributed by atoms with van der Waals surface area (Å²) in [5.41, 5.74) is 5.94. The zero-order valence-electron chi connectivity index (χ0n) is 11.0. The molecular weight excluding hydrogens is 326 g/mol. The maximum atomic E-state index is 12.3. The second-order valence-corrected chi connectivity index (χ2v) is 7.48. The van der Waals surface area contributed by atoms with Crippen molar-refractivity contribution in [3.63, 3.8) is 0 Å². The van der Waals surface area contributed by atoms with Crippen LogP contribution in [0.1, 0.15) is 6.92 Å². The number of fused-ring (bicyclic) bond motifs is 1. The Balaban J connectivity index is 2.07. The summed E-state index contributed by atoms with van der Waals surface area (Å²) in [6.07, 6.45) is 0. The van der Waals surface area contributed by atoms with Crippen LogP contribution in [0.25, 0.3) is 20.7 Å². The number of hydrogen-bond acceptors (Lipinski definition) is 6. The molecule has 108 valence electrons. The van der Waals surface area contributed by atoms with Crippen LogP contribution in [0, 0.1) is 0 Å². The number of amides is 1. The van der Waals surface area contributed by atoms with Gasteiger partial charge in [-0.2, -0.15) is 0 Å². The number of primary amides is 1. The number of nitrogens with one attached hydrogen (secondary N) is 1. The van der Waals surface area contributed by atoms with Crippen molar-refractivity contribution in [2.75, 3.05) is 0 Å². The molecule has 0 radical (unpaired) electrons. The number of aromatic nitrogens is 2. The Morgan fingerprint density at radius 1 is 1.48 bits per heavy atom. The van der Waals surface area contributed by atoms with Gasteiger partial charge in [0, 0.05) is 15.8 Å². The minimum absolute atomic E-state index is 0.191. The van der Waals surface area contributed by atoms with Gasteiger partial charge >= 0.3 is 0 Å². The lowest BCUT2D eigenvalue weighted by Crippen LogP contribution is -2.23. The molecule has 0 aliphatic rings. The smallest absolute Gasteiger partial charge is 0.260 e. The Kier molecular flexibility index (Phi) is 3.83. The van der Waals surface area contributed by atoms with Crippen LogP contribution in [0.5, 0.6) is 0 Å². The molecule has 0 fully saturated rings. The summed E-state index contributed by atoms with van der Waals surface area (Å²) < 4.78 is 0. The van der Waals surface area contributed by atoms with Gasteiger partial charge in [0.25, 0.3) is 5.56 Å². The van der Waals surface area contributed by atoms with Crippen LogP contribution >= 0.6 is 34.4 Å². The minimum atomic E-state index is -0.442. The number of thioether (sulfide) groups is 1. The monoisotopic (exact) mass is 337 g/mol. The fourth-order valence-corrected chi connectivity index (χ4v) is 4.39. The van der Waals surface area contributed by atoms with E-state index in [-0.39, 0.29) is 5.56 Å². The van der Waals surface area contributed by atoms with Gasteiger partial charge in [-0.05, 0) is 18.4 Å². The minimum Gasteiger partial charge on any atom is -0.369 e. The van der Waals surface area contributed by atoms with Crippen LogP contribution in [0.15, 0.2) is 32.8 Å². The lowest BCUT2D eigenvalue weighted by Gasteiger charge is -2.05. The molecule has 0 aliphatic carbocycles. The van der Waals surface area contributed by atoms with Crippen molar-refractivity contribution in [2.45, 2.75) is 17.3 Å². The highest BCUT2D eigenvalue weighted by Gasteiger charge is 2.16. The van der Waals surface area contributed by atoms with E-state index in [0.717, 1.165) is 22.2 Å². The number of H-pyrrole nitrogens is 1. The molecule has 3 N–H and O–H groups in total. The van der Waals surface area contributed by atoms with Gasteiger partial charge < -0.3 is 10.7 Å². The van der Waals surface area contributed by atoms with Crippen LogP contribution in [-0.4, -0.2) is 21.1 Å². The Morgan fingerprint density at radius 3 is 2.95 bits per heavy atom. The van der Waals surface area contributed by atoms with Gasteiger partial charge in [-0.15, -0.1) is 22.7 Å². The highest BCUT2D eigenvalue weighted by atomic mass is 32.2. The quantitative estimate of drug-likeness (QED) is 0.566. The van der Waals surface area contributed by atoms with E-state index in [1.54, 1.807) is 18.3 Å². The van der Waals surface area contributed by atoms with E-state index in [1.165, 1.54) is 11.3 Å². The number of thiophene rings is 2. The lowest BCUT2D eigenvalue weighted by atomic mass is 10.2. The van der Waals surface area contributed by atoms with Gasteiger partial charge in [-0.3, -0.25) is 9.59 Å². The molecule has 0 saturated heterocycles. The Bertz CT molecular complexity index is 851. The van der Waals surface area contributed by atoms with Gasteiger partial charge in [0.05, 0.1) is 10.6 Å². The van der Waals surface area contributed by atoms with Crippen LogP contribution < -0.4 is 11.3 Å². The van der Waals surface area contributed by atoms with Crippen LogP contribution in [0.3, 0.4) is 0 Å². The first-order valence-corrected chi connectivity index (χ1v) is 8.71. The fraction of sp³-hybridized carbons (Fsp3) is 0.154. The number of nitrogens with two attached hydrogens (primary N) is 1. The predicted octanol–water partition coefficient (Wildman–Crippen LogP) is 2.68. The molecule has 3 heterocycles. The first kappa shape index (κ1) is 14.3. The predicted molar refractivity (Wildman–Crippen MR) is 88.1 cm³/mol. The topological polar surface area (TPSA) is 88.8 Å².